The zero-order valence-corrected chi connectivity index (χ0v) is 25.4. The second-order valence-corrected chi connectivity index (χ2v) is 11.4. The Morgan fingerprint density at radius 1 is 0.930 bits per heavy atom. The number of anilines is 1. The number of alkyl halides is 1. The average Bonchev–Trinajstić information content (AvgIpc) is 2.99. The summed E-state index contributed by atoms with van der Waals surface area (Å²) in [7, 11) is 0. The number of nitrogens with two attached hydrogens (primary N) is 1. The lowest BCUT2D eigenvalue weighted by Gasteiger charge is -2.28. The molecule has 1 fully saturated rings. The lowest BCUT2D eigenvalue weighted by atomic mass is 9.78. The Morgan fingerprint density at radius 2 is 1.53 bits per heavy atom. The van der Waals surface area contributed by atoms with Gasteiger partial charge in [-0.2, -0.15) is 0 Å². The van der Waals surface area contributed by atoms with Gasteiger partial charge in [-0.1, -0.05) is 78.1 Å². The molecule has 0 amide bonds. The van der Waals surface area contributed by atoms with E-state index in [4.69, 9.17) is 19.9 Å². The van der Waals surface area contributed by atoms with Crippen molar-refractivity contribution < 1.29 is 33.1 Å². The summed E-state index contributed by atoms with van der Waals surface area (Å²) in [5.74, 6) is -0.198. The summed E-state index contributed by atoms with van der Waals surface area (Å²) in [4.78, 5) is 35.6. The Labute approximate surface area is 253 Å². The minimum atomic E-state index is -1.93. The molecule has 1 aliphatic carbocycles. The molecule has 1 atom stereocenters. The SMILES string of the molecule is CCCCCC1CCC(CCCOc2ccc(OC(=O)c3cc([N+](=O)[O-])c(OC(=O)C(F)CCCC)cc3N)cc2)CC1. The number of hydrogen-bond acceptors (Lipinski definition) is 8. The maximum absolute atomic E-state index is 14.0. The van der Waals surface area contributed by atoms with Crippen molar-refractivity contribution in [2.24, 2.45) is 11.8 Å². The first kappa shape index (κ1) is 33.8. The summed E-state index contributed by atoms with van der Waals surface area (Å²) >= 11 is 0. The molecule has 2 aromatic rings. The molecule has 0 saturated heterocycles. The molecule has 0 aromatic heterocycles. The van der Waals surface area contributed by atoms with Crippen molar-refractivity contribution in [1.82, 2.24) is 0 Å². The van der Waals surface area contributed by atoms with E-state index in [0.29, 0.717) is 25.2 Å². The third-order valence-electron chi connectivity index (χ3n) is 8.07. The molecule has 3 rings (SSSR count). The molecule has 10 heteroatoms. The summed E-state index contributed by atoms with van der Waals surface area (Å²) in [6, 6.07) is 8.30. The minimum Gasteiger partial charge on any atom is -0.494 e. The molecule has 0 heterocycles. The van der Waals surface area contributed by atoms with E-state index in [-0.39, 0.29) is 23.4 Å². The molecule has 1 unspecified atom stereocenters. The quantitative estimate of drug-likeness (QED) is 0.0478. The highest BCUT2D eigenvalue weighted by Gasteiger charge is 2.27. The molecule has 0 bridgehead atoms. The van der Waals surface area contributed by atoms with Crippen LogP contribution in [0.25, 0.3) is 0 Å². The summed E-state index contributed by atoms with van der Waals surface area (Å²) in [5.41, 5.74) is 4.72. The van der Waals surface area contributed by atoms with Gasteiger partial charge in [0.15, 0.2) is 6.17 Å². The lowest BCUT2D eigenvalue weighted by Crippen LogP contribution is -2.22. The van der Waals surface area contributed by atoms with Crippen molar-refractivity contribution in [1.29, 1.82) is 0 Å². The van der Waals surface area contributed by atoms with Gasteiger partial charge in [0.1, 0.15) is 11.5 Å². The molecular weight excluding hydrogens is 555 g/mol. The highest BCUT2D eigenvalue weighted by molar-refractivity contribution is 5.98. The van der Waals surface area contributed by atoms with E-state index < -0.39 is 34.5 Å². The number of carbonyl (C=O) groups excluding carboxylic acids is 2. The third-order valence-corrected chi connectivity index (χ3v) is 8.07. The van der Waals surface area contributed by atoms with Crippen LogP contribution in [0.2, 0.25) is 0 Å². The van der Waals surface area contributed by atoms with Crippen LogP contribution < -0.4 is 19.9 Å². The first-order valence-corrected chi connectivity index (χ1v) is 15.6. The van der Waals surface area contributed by atoms with Gasteiger partial charge in [-0.3, -0.25) is 10.1 Å². The van der Waals surface area contributed by atoms with Gasteiger partial charge in [0.05, 0.1) is 22.8 Å². The van der Waals surface area contributed by atoms with Crippen LogP contribution in [-0.2, 0) is 4.79 Å². The molecule has 2 aromatic carbocycles. The standard InChI is InChI=1S/C33H45FN2O7/c1-3-5-7-9-23-12-14-24(15-13-23)10-8-20-41-25-16-18-26(19-17-25)42-32(37)27-21-30(36(39)40)31(22-29(27)35)43-33(38)28(34)11-6-4-2/h16-19,21-24,28H,3-15,20,35H2,1-2H3. The van der Waals surface area contributed by atoms with Crippen LogP contribution in [0.15, 0.2) is 36.4 Å². The number of nitrogens with zero attached hydrogens (tertiary/aromatic N) is 1. The number of rotatable bonds is 17. The van der Waals surface area contributed by atoms with E-state index in [1.165, 1.54) is 51.4 Å². The van der Waals surface area contributed by atoms with Gasteiger partial charge in [-0.25, -0.2) is 14.0 Å². The van der Waals surface area contributed by atoms with E-state index in [9.17, 15) is 24.1 Å². The average molecular weight is 601 g/mol. The molecule has 0 aliphatic heterocycles. The van der Waals surface area contributed by atoms with Gasteiger partial charge < -0.3 is 19.9 Å². The van der Waals surface area contributed by atoms with Crippen LogP contribution in [-0.4, -0.2) is 29.6 Å². The molecule has 0 radical (unpaired) electrons. The van der Waals surface area contributed by atoms with Crippen molar-refractivity contribution in [2.45, 2.75) is 103 Å². The number of unbranched alkanes of at least 4 members (excludes halogenated alkanes) is 3. The van der Waals surface area contributed by atoms with Crippen LogP contribution in [0, 0.1) is 22.0 Å². The maximum atomic E-state index is 14.0. The third kappa shape index (κ3) is 10.8. The van der Waals surface area contributed by atoms with Crippen LogP contribution in [0.5, 0.6) is 17.2 Å². The molecular formula is C33H45FN2O7. The van der Waals surface area contributed by atoms with Crippen LogP contribution in [0.3, 0.4) is 0 Å². The van der Waals surface area contributed by atoms with Gasteiger partial charge in [0.25, 0.3) is 0 Å². The normalized spacial score (nSPS) is 17.2. The fourth-order valence-electron chi connectivity index (χ4n) is 5.48. The second kappa shape index (κ2) is 17.4. The topological polar surface area (TPSA) is 131 Å². The number of carbonyl (C=O) groups is 2. The highest BCUT2D eigenvalue weighted by atomic mass is 19.1. The molecule has 2 N–H and O–H groups in total. The molecule has 1 saturated carbocycles. The van der Waals surface area contributed by atoms with Gasteiger partial charge in [-0.05, 0) is 55.4 Å². The zero-order chi connectivity index (χ0) is 31.2. The molecule has 1 aliphatic rings. The molecule has 236 valence electrons. The number of halogens is 1. The highest BCUT2D eigenvalue weighted by Crippen LogP contribution is 2.35. The van der Waals surface area contributed by atoms with Crippen molar-refractivity contribution in [2.75, 3.05) is 12.3 Å². The fraction of sp³-hybridized carbons (Fsp3) is 0.576. The monoisotopic (exact) mass is 600 g/mol. The fourth-order valence-corrected chi connectivity index (χ4v) is 5.48. The Morgan fingerprint density at radius 3 is 2.14 bits per heavy atom. The van der Waals surface area contributed by atoms with Crippen molar-refractivity contribution >= 4 is 23.3 Å². The predicted molar refractivity (Wildman–Crippen MR) is 163 cm³/mol. The first-order chi connectivity index (χ1) is 20.7. The van der Waals surface area contributed by atoms with Gasteiger partial charge in [0, 0.05) is 12.1 Å². The number of ether oxygens (including phenoxy) is 3. The number of hydrogen-bond donors (Lipinski definition) is 1. The van der Waals surface area contributed by atoms with E-state index in [0.717, 1.165) is 36.8 Å². The minimum absolute atomic E-state index is 0.0625. The zero-order valence-electron chi connectivity index (χ0n) is 25.4. The van der Waals surface area contributed by atoms with E-state index >= 15 is 0 Å². The second-order valence-electron chi connectivity index (χ2n) is 11.4. The maximum Gasteiger partial charge on any atom is 0.346 e. The predicted octanol–water partition coefficient (Wildman–Crippen LogP) is 8.38. The van der Waals surface area contributed by atoms with Gasteiger partial charge in [-0.15, -0.1) is 0 Å². The largest absolute Gasteiger partial charge is 0.494 e. The number of nitro groups is 1. The number of nitrogen functional groups attached to an aromatic ring is 1. The smallest absolute Gasteiger partial charge is 0.346 e. The van der Waals surface area contributed by atoms with Gasteiger partial charge in [0.2, 0.25) is 5.75 Å². The van der Waals surface area contributed by atoms with Crippen molar-refractivity contribution in [3.63, 3.8) is 0 Å². The van der Waals surface area contributed by atoms with Crippen molar-refractivity contribution in [3.05, 3.63) is 52.1 Å². The Kier molecular flexibility index (Phi) is 13.7. The van der Waals surface area contributed by atoms with E-state index in [1.54, 1.807) is 24.3 Å². The number of benzene rings is 2. The lowest BCUT2D eigenvalue weighted by molar-refractivity contribution is -0.385. The summed E-state index contributed by atoms with van der Waals surface area (Å²) < 4.78 is 30.2. The molecule has 43 heavy (non-hydrogen) atoms. The summed E-state index contributed by atoms with van der Waals surface area (Å²) in [5, 5.41) is 11.6. The van der Waals surface area contributed by atoms with Crippen LogP contribution >= 0.6 is 0 Å². The van der Waals surface area contributed by atoms with Crippen LogP contribution in [0.4, 0.5) is 15.8 Å². The Balaban J connectivity index is 1.48. The summed E-state index contributed by atoms with van der Waals surface area (Å²) in [6.07, 6.45) is 12.0. The van der Waals surface area contributed by atoms with Gasteiger partial charge >= 0.3 is 17.6 Å². The van der Waals surface area contributed by atoms with Crippen molar-refractivity contribution in [3.8, 4) is 17.2 Å². The Bertz CT molecular complexity index is 1200. The summed E-state index contributed by atoms with van der Waals surface area (Å²) in [6.45, 7) is 4.70. The molecule has 9 nitrogen and oxygen atoms in total. The van der Waals surface area contributed by atoms with E-state index in [1.807, 2.05) is 6.92 Å². The number of nitro benzene ring substituents is 1. The number of esters is 2. The van der Waals surface area contributed by atoms with Crippen LogP contribution in [0.1, 0.15) is 108 Å². The first-order valence-electron chi connectivity index (χ1n) is 15.6. The Hall–Kier alpha value is -3.69. The van der Waals surface area contributed by atoms with E-state index in [2.05, 4.69) is 6.92 Å². The molecule has 0 spiro atoms.